The molecule has 1 rings (SSSR count). The molecular formula is C9H21N2O2P. The summed E-state index contributed by atoms with van der Waals surface area (Å²) in [5, 5.41) is 3.05. The van der Waals surface area contributed by atoms with Crippen molar-refractivity contribution in [2.24, 2.45) is 0 Å². The fourth-order valence-corrected chi connectivity index (χ4v) is 4.03. The van der Waals surface area contributed by atoms with Crippen LogP contribution in [0, 0.1) is 0 Å². The van der Waals surface area contributed by atoms with E-state index in [4.69, 9.17) is 4.52 Å². The SMILES string of the molecule is CC(C)N[P@@]1(=O)OCCCN1C(C)C. The molecule has 84 valence electrons. The Labute approximate surface area is 86.6 Å². The van der Waals surface area contributed by atoms with Gasteiger partial charge in [0.15, 0.2) is 0 Å². The Morgan fingerprint density at radius 1 is 1.36 bits per heavy atom. The van der Waals surface area contributed by atoms with Crippen LogP contribution in [0.15, 0.2) is 0 Å². The van der Waals surface area contributed by atoms with Crippen molar-refractivity contribution in [1.82, 2.24) is 9.76 Å². The predicted octanol–water partition coefficient (Wildman–Crippen LogP) is 2.22. The number of hydrogen-bond acceptors (Lipinski definition) is 2. The van der Waals surface area contributed by atoms with E-state index in [1.807, 2.05) is 32.4 Å². The highest BCUT2D eigenvalue weighted by molar-refractivity contribution is 7.54. The Kier molecular flexibility index (Phi) is 4.14. The number of nitrogens with zero attached hydrogens (tertiary/aromatic N) is 1. The van der Waals surface area contributed by atoms with Gasteiger partial charge in [-0.25, -0.2) is 9.76 Å². The van der Waals surface area contributed by atoms with Gasteiger partial charge >= 0.3 is 7.67 Å². The third-order valence-corrected chi connectivity index (χ3v) is 4.87. The van der Waals surface area contributed by atoms with Gasteiger partial charge in [-0.15, -0.1) is 0 Å². The summed E-state index contributed by atoms with van der Waals surface area (Å²) in [6, 6.07) is 0.438. The van der Waals surface area contributed by atoms with Crippen LogP contribution in [0.1, 0.15) is 34.1 Å². The Balaban J connectivity index is 2.74. The summed E-state index contributed by atoms with van der Waals surface area (Å²) in [5.74, 6) is 0. The van der Waals surface area contributed by atoms with Crippen LogP contribution in [0.4, 0.5) is 0 Å². The lowest BCUT2D eigenvalue weighted by molar-refractivity contribution is 0.179. The van der Waals surface area contributed by atoms with E-state index in [9.17, 15) is 4.57 Å². The molecule has 1 saturated heterocycles. The average Bonchev–Trinajstić information content (AvgIpc) is 2.01. The molecule has 0 aromatic rings. The molecule has 0 spiro atoms. The molecule has 0 unspecified atom stereocenters. The molecule has 0 bridgehead atoms. The van der Waals surface area contributed by atoms with Gasteiger partial charge in [0.1, 0.15) is 0 Å². The molecule has 5 heteroatoms. The first-order valence-corrected chi connectivity index (χ1v) is 6.83. The summed E-state index contributed by atoms with van der Waals surface area (Å²) >= 11 is 0. The van der Waals surface area contributed by atoms with Crippen LogP contribution in [0.5, 0.6) is 0 Å². The van der Waals surface area contributed by atoms with Crippen LogP contribution >= 0.6 is 7.67 Å². The Morgan fingerprint density at radius 3 is 2.50 bits per heavy atom. The second kappa shape index (κ2) is 4.75. The largest absolute Gasteiger partial charge is 0.343 e. The molecule has 0 saturated carbocycles. The Hall–Kier alpha value is 0.110. The zero-order chi connectivity index (χ0) is 10.8. The second-order valence-electron chi connectivity index (χ2n) is 4.25. The first-order valence-electron chi connectivity index (χ1n) is 5.25. The van der Waals surface area contributed by atoms with Gasteiger partial charge in [-0.1, -0.05) is 0 Å². The lowest BCUT2D eigenvalue weighted by Gasteiger charge is -2.38. The van der Waals surface area contributed by atoms with E-state index in [0.717, 1.165) is 13.0 Å². The number of hydrogen-bond donors (Lipinski definition) is 1. The topological polar surface area (TPSA) is 41.6 Å². The molecular weight excluding hydrogens is 199 g/mol. The van der Waals surface area contributed by atoms with Crippen molar-refractivity contribution in [2.45, 2.75) is 46.2 Å². The van der Waals surface area contributed by atoms with Gasteiger partial charge in [-0.05, 0) is 34.1 Å². The first-order chi connectivity index (χ1) is 6.46. The van der Waals surface area contributed by atoms with Crippen LogP contribution in [0.3, 0.4) is 0 Å². The molecule has 4 nitrogen and oxygen atoms in total. The maximum absolute atomic E-state index is 12.4. The lowest BCUT2D eigenvalue weighted by Crippen LogP contribution is -2.40. The fourth-order valence-electron chi connectivity index (χ4n) is 1.62. The molecule has 1 aliphatic rings. The Morgan fingerprint density at radius 2 is 2.00 bits per heavy atom. The fraction of sp³-hybridized carbons (Fsp3) is 1.00. The Bertz CT molecular complexity index is 231. The standard InChI is InChI=1S/C9H21N2O2P/c1-8(2)10-14(12)11(9(3)4)6-5-7-13-14/h8-9H,5-7H2,1-4H3,(H,10,12)/t14-/m1/s1. The average molecular weight is 220 g/mol. The molecule has 0 radical (unpaired) electrons. The molecule has 0 aliphatic carbocycles. The van der Waals surface area contributed by atoms with Crippen LogP contribution in [-0.2, 0) is 9.09 Å². The minimum absolute atomic E-state index is 0.181. The van der Waals surface area contributed by atoms with Crippen LogP contribution in [-0.4, -0.2) is 29.9 Å². The summed E-state index contributed by atoms with van der Waals surface area (Å²) in [7, 11) is -2.75. The third-order valence-electron chi connectivity index (χ3n) is 2.15. The van der Waals surface area contributed by atoms with Crippen molar-refractivity contribution in [2.75, 3.05) is 13.2 Å². The van der Waals surface area contributed by atoms with E-state index in [0.29, 0.717) is 6.61 Å². The van der Waals surface area contributed by atoms with E-state index in [2.05, 4.69) is 5.09 Å². The quantitative estimate of drug-likeness (QED) is 0.740. The van der Waals surface area contributed by atoms with Crippen molar-refractivity contribution in [3.8, 4) is 0 Å². The summed E-state index contributed by atoms with van der Waals surface area (Å²) in [4.78, 5) is 0. The highest BCUT2D eigenvalue weighted by Crippen LogP contribution is 2.50. The number of nitrogens with one attached hydrogen (secondary N) is 1. The van der Waals surface area contributed by atoms with Crippen LogP contribution in [0.2, 0.25) is 0 Å². The van der Waals surface area contributed by atoms with Gasteiger partial charge in [0.25, 0.3) is 0 Å². The van der Waals surface area contributed by atoms with E-state index in [1.54, 1.807) is 0 Å². The number of rotatable bonds is 3. The zero-order valence-corrected chi connectivity index (χ0v) is 10.4. The molecule has 14 heavy (non-hydrogen) atoms. The van der Waals surface area contributed by atoms with E-state index in [1.165, 1.54) is 0 Å². The van der Waals surface area contributed by atoms with E-state index in [-0.39, 0.29) is 12.1 Å². The van der Waals surface area contributed by atoms with Crippen LogP contribution in [0.25, 0.3) is 0 Å². The van der Waals surface area contributed by atoms with Gasteiger partial charge in [0.05, 0.1) is 6.61 Å². The second-order valence-corrected chi connectivity index (χ2v) is 6.32. The van der Waals surface area contributed by atoms with Gasteiger partial charge in [0, 0.05) is 18.6 Å². The highest BCUT2D eigenvalue weighted by Gasteiger charge is 2.36. The van der Waals surface area contributed by atoms with Gasteiger partial charge in [-0.3, -0.25) is 4.57 Å². The normalized spacial score (nSPS) is 30.1. The predicted molar refractivity (Wildman–Crippen MR) is 58.3 cm³/mol. The molecule has 0 aromatic carbocycles. The maximum atomic E-state index is 12.4. The molecule has 1 heterocycles. The first kappa shape index (κ1) is 12.2. The van der Waals surface area contributed by atoms with Crippen molar-refractivity contribution < 1.29 is 9.09 Å². The van der Waals surface area contributed by atoms with Crippen molar-refractivity contribution >= 4 is 7.67 Å². The van der Waals surface area contributed by atoms with Gasteiger partial charge in [-0.2, -0.15) is 0 Å². The van der Waals surface area contributed by atoms with Crippen molar-refractivity contribution in [3.05, 3.63) is 0 Å². The van der Waals surface area contributed by atoms with E-state index < -0.39 is 7.67 Å². The summed E-state index contributed by atoms with van der Waals surface area (Å²) in [6.45, 7) is 9.51. The molecule has 1 N–H and O–H groups in total. The lowest BCUT2D eigenvalue weighted by atomic mass is 10.3. The molecule has 1 aliphatic heterocycles. The molecule has 1 fully saturated rings. The summed E-state index contributed by atoms with van der Waals surface area (Å²) in [6.07, 6.45) is 0.960. The summed E-state index contributed by atoms with van der Waals surface area (Å²) in [5.41, 5.74) is 0. The van der Waals surface area contributed by atoms with Crippen LogP contribution < -0.4 is 5.09 Å². The monoisotopic (exact) mass is 220 g/mol. The summed E-state index contributed by atoms with van der Waals surface area (Å²) < 4.78 is 19.8. The minimum atomic E-state index is -2.75. The van der Waals surface area contributed by atoms with Gasteiger partial charge in [0.2, 0.25) is 0 Å². The molecule has 0 amide bonds. The van der Waals surface area contributed by atoms with Crippen molar-refractivity contribution in [1.29, 1.82) is 0 Å². The maximum Gasteiger partial charge on any atom is 0.343 e. The zero-order valence-electron chi connectivity index (χ0n) is 9.49. The molecule has 1 atom stereocenters. The smallest absolute Gasteiger partial charge is 0.306 e. The minimum Gasteiger partial charge on any atom is -0.306 e. The highest BCUT2D eigenvalue weighted by atomic mass is 31.2. The van der Waals surface area contributed by atoms with E-state index >= 15 is 0 Å². The molecule has 0 aromatic heterocycles. The third kappa shape index (κ3) is 2.80. The van der Waals surface area contributed by atoms with Gasteiger partial charge < -0.3 is 4.52 Å². The van der Waals surface area contributed by atoms with Crippen molar-refractivity contribution in [3.63, 3.8) is 0 Å².